The first-order chi connectivity index (χ1) is 42.5. The highest BCUT2D eigenvalue weighted by Crippen LogP contribution is 2.46. The Morgan fingerprint density at radius 3 is 1.60 bits per heavy atom. The molecular formula is C70H46N2O. The molecule has 0 fully saturated rings. The lowest BCUT2D eigenvalue weighted by Gasteiger charge is -2.29. The van der Waals surface area contributed by atoms with Crippen LogP contribution in [-0.4, -0.2) is 4.57 Å². The summed E-state index contributed by atoms with van der Waals surface area (Å²) >= 11 is 0. The van der Waals surface area contributed by atoms with Gasteiger partial charge in [0.15, 0.2) is 0 Å². The van der Waals surface area contributed by atoms with E-state index < -0.39 is 124 Å². The summed E-state index contributed by atoms with van der Waals surface area (Å²) in [5.74, 6) is 0. The van der Waals surface area contributed by atoms with E-state index in [9.17, 15) is 8.22 Å². The molecule has 0 aliphatic carbocycles. The Bertz CT molecular complexity index is 5180. The molecule has 0 aliphatic rings. The molecule has 0 amide bonds. The second kappa shape index (κ2) is 17.6. The van der Waals surface area contributed by atoms with Gasteiger partial charge in [0.2, 0.25) is 0 Å². The first-order valence-corrected chi connectivity index (χ1v) is 23.8. The Morgan fingerprint density at radius 1 is 0.329 bits per heavy atom. The molecule has 0 spiro atoms. The van der Waals surface area contributed by atoms with Crippen LogP contribution in [0.4, 0.5) is 17.1 Å². The van der Waals surface area contributed by atoms with Crippen molar-refractivity contribution in [2.75, 3.05) is 4.90 Å². The third kappa shape index (κ3) is 7.29. The summed E-state index contributed by atoms with van der Waals surface area (Å²) in [6, 6.07) is 51.6. The predicted octanol–water partition coefficient (Wildman–Crippen LogP) is 19.6. The van der Waals surface area contributed by atoms with Gasteiger partial charge in [-0.1, -0.05) is 218 Å². The Kier molecular flexibility index (Phi) is 7.11. The average Bonchev–Trinajstić information content (AvgIpc) is 1.47. The van der Waals surface area contributed by atoms with Crippen molar-refractivity contribution in [3.63, 3.8) is 0 Å². The molecule has 3 heteroatoms. The second-order valence-electron chi connectivity index (χ2n) is 17.7. The molecule has 0 radical (unpaired) electrons. The van der Waals surface area contributed by atoms with Crippen molar-refractivity contribution in [2.24, 2.45) is 0 Å². The van der Waals surface area contributed by atoms with Crippen LogP contribution in [0.5, 0.6) is 0 Å². The summed E-state index contributed by atoms with van der Waals surface area (Å²) in [6.45, 7) is 0. The number of para-hydroxylation sites is 5. The van der Waals surface area contributed by atoms with E-state index in [-0.39, 0.29) is 16.5 Å². The first kappa shape index (κ1) is 29.5. The number of rotatable bonds is 9. The van der Waals surface area contributed by atoms with Crippen molar-refractivity contribution >= 4 is 71.6 Å². The zero-order valence-electron chi connectivity index (χ0n) is 53.7. The standard InChI is InChI=1S/C70H46N2O/c1-3-18-48(19-4-1)58-26-15-28-62-63-29-16-27-59(70(63)73-69(58)62)51-37-42-56(43-38-51)71(68-44-39-54(46-64(68)49-20-5-2-6-21-49)53-34-33-47-17-7-8-22-52(47)45-53)55-40-35-50(36-41-55)57-23-9-12-30-65(57)72-66-31-13-10-24-60(66)61-25-11-14-32-67(61)72/h1-46H/i1D,3D,4D,15D,16D,18D,19D,26D,27D,28D,29D,37D,38D,42D,43D. The van der Waals surface area contributed by atoms with Crippen LogP contribution in [0.3, 0.4) is 0 Å². The molecule has 342 valence electrons. The quantitative estimate of drug-likeness (QED) is 0.144. The van der Waals surface area contributed by atoms with Gasteiger partial charge < -0.3 is 13.9 Å². The minimum absolute atomic E-state index is 0.182. The Morgan fingerprint density at radius 2 is 0.890 bits per heavy atom. The molecule has 12 aromatic carbocycles. The van der Waals surface area contributed by atoms with Gasteiger partial charge in [0.25, 0.3) is 0 Å². The number of hydrogen-bond acceptors (Lipinski definition) is 2. The third-order valence-corrected chi connectivity index (χ3v) is 13.5. The SMILES string of the molecule is [2H]c1c([2H])c([2H])c(-c2c([2H])c([2H])c([2H])c3c2oc2c(-c4c([2H])c([2H])c(N(c5ccc(-c6ccccc6-n6c7ccccc7c7ccccc76)cc5)c5ccc(-c6ccc7ccccc7c6)cc5-c5ccccc5)c([2H])c4[2H])c([2H])c([2H])c([2H])c23)c([2H])c1[2H]. The van der Waals surface area contributed by atoms with Gasteiger partial charge in [-0.3, -0.25) is 0 Å². The van der Waals surface area contributed by atoms with E-state index in [1.807, 2.05) is 127 Å². The van der Waals surface area contributed by atoms with Crippen LogP contribution in [0.15, 0.2) is 283 Å². The molecule has 0 atom stereocenters. The maximum Gasteiger partial charge on any atom is 0.143 e. The van der Waals surface area contributed by atoms with Gasteiger partial charge in [-0.25, -0.2) is 0 Å². The predicted molar refractivity (Wildman–Crippen MR) is 307 cm³/mol. The third-order valence-electron chi connectivity index (χ3n) is 13.5. The van der Waals surface area contributed by atoms with Gasteiger partial charge in [0.1, 0.15) is 11.2 Å². The molecule has 14 rings (SSSR count). The lowest BCUT2D eigenvalue weighted by Crippen LogP contribution is -2.11. The summed E-state index contributed by atoms with van der Waals surface area (Å²) in [5, 5.41) is 3.62. The Labute approximate surface area is 444 Å². The van der Waals surface area contributed by atoms with Crippen molar-refractivity contribution in [1.82, 2.24) is 4.57 Å². The van der Waals surface area contributed by atoms with E-state index in [4.69, 9.17) is 16.8 Å². The van der Waals surface area contributed by atoms with E-state index in [1.54, 1.807) is 4.90 Å². The molecule has 0 saturated carbocycles. The van der Waals surface area contributed by atoms with E-state index in [2.05, 4.69) is 65.2 Å². The number of hydrogen-bond donors (Lipinski definition) is 0. The van der Waals surface area contributed by atoms with Gasteiger partial charge >= 0.3 is 0 Å². The first-order valence-electron chi connectivity index (χ1n) is 31.3. The molecular weight excluding hydrogens is 885 g/mol. The number of benzene rings is 12. The fourth-order valence-corrected chi connectivity index (χ4v) is 10.1. The summed E-state index contributed by atoms with van der Waals surface area (Å²) in [4.78, 5) is 1.69. The zero-order chi connectivity index (χ0) is 61.3. The van der Waals surface area contributed by atoms with Crippen molar-refractivity contribution in [3.8, 4) is 61.3 Å². The smallest absolute Gasteiger partial charge is 0.143 e. The lowest BCUT2D eigenvalue weighted by molar-refractivity contribution is 0.671. The second-order valence-corrected chi connectivity index (χ2v) is 17.7. The Balaban J connectivity index is 1.01. The van der Waals surface area contributed by atoms with Gasteiger partial charge in [0, 0.05) is 55.2 Å². The number of furan rings is 1. The van der Waals surface area contributed by atoms with E-state index in [1.165, 1.54) is 0 Å². The van der Waals surface area contributed by atoms with Crippen molar-refractivity contribution in [1.29, 1.82) is 0 Å². The maximum atomic E-state index is 10.1. The molecule has 0 bridgehead atoms. The zero-order valence-corrected chi connectivity index (χ0v) is 38.7. The lowest BCUT2D eigenvalue weighted by atomic mass is 9.94. The highest BCUT2D eigenvalue weighted by Gasteiger charge is 2.22. The molecule has 2 heterocycles. The molecule has 0 saturated heterocycles. The summed E-state index contributed by atoms with van der Waals surface area (Å²) < 4.78 is 147. The normalized spacial score (nSPS) is 14.4. The minimum atomic E-state index is -0.756. The number of aromatic nitrogens is 1. The fourth-order valence-electron chi connectivity index (χ4n) is 10.1. The van der Waals surface area contributed by atoms with E-state index in [0.717, 1.165) is 66.1 Å². The highest BCUT2D eigenvalue weighted by atomic mass is 16.3. The van der Waals surface area contributed by atoms with Gasteiger partial charge in [-0.15, -0.1) is 0 Å². The average molecular weight is 946 g/mol. The van der Waals surface area contributed by atoms with Crippen LogP contribution in [0.1, 0.15) is 20.6 Å². The van der Waals surface area contributed by atoms with Crippen LogP contribution < -0.4 is 4.90 Å². The summed E-state index contributed by atoms with van der Waals surface area (Å²) in [7, 11) is 0. The molecule has 0 N–H and O–H groups in total. The molecule has 14 aromatic rings. The molecule has 73 heavy (non-hydrogen) atoms. The maximum absolute atomic E-state index is 10.1. The number of nitrogens with zero attached hydrogens (tertiary/aromatic N) is 2. The van der Waals surface area contributed by atoms with Crippen LogP contribution in [0.2, 0.25) is 0 Å². The Hall–Kier alpha value is -9.70. The molecule has 3 nitrogen and oxygen atoms in total. The van der Waals surface area contributed by atoms with Crippen molar-refractivity contribution < 1.29 is 25.0 Å². The van der Waals surface area contributed by atoms with Gasteiger partial charge in [-0.2, -0.15) is 0 Å². The van der Waals surface area contributed by atoms with Crippen LogP contribution in [-0.2, 0) is 0 Å². The van der Waals surface area contributed by atoms with Crippen molar-refractivity contribution in [3.05, 3.63) is 279 Å². The van der Waals surface area contributed by atoms with Gasteiger partial charge in [0.05, 0.1) is 43.0 Å². The fraction of sp³-hybridized carbons (Fsp3) is 0. The van der Waals surface area contributed by atoms with Crippen LogP contribution in [0.25, 0.3) is 116 Å². The highest BCUT2D eigenvalue weighted by molar-refractivity contribution is 6.13. The topological polar surface area (TPSA) is 21.3 Å². The minimum Gasteiger partial charge on any atom is -0.455 e. The van der Waals surface area contributed by atoms with Gasteiger partial charge in [-0.05, 0) is 105 Å². The van der Waals surface area contributed by atoms with E-state index >= 15 is 0 Å². The van der Waals surface area contributed by atoms with E-state index in [0.29, 0.717) is 16.9 Å². The summed E-state index contributed by atoms with van der Waals surface area (Å²) in [6.07, 6.45) is 0. The monoisotopic (exact) mass is 945 g/mol. The molecule has 2 aromatic heterocycles. The van der Waals surface area contributed by atoms with Crippen molar-refractivity contribution in [2.45, 2.75) is 0 Å². The molecule has 0 aliphatic heterocycles. The molecule has 0 unspecified atom stereocenters. The number of fused-ring (bicyclic) bond motifs is 7. The number of anilines is 3. The largest absolute Gasteiger partial charge is 0.455 e. The van der Waals surface area contributed by atoms with Crippen LogP contribution >= 0.6 is 0 Å². The summed E-state index contributed by atoms with van der Waals surface area (Å²) in [5.41, 5.74) is 5.83. The van der Waals surface area contributed by atoms with Crippen LogP contribution in [0, 0.1) is 0 Å².